The van der Waals surface area contributed by atoms with Crippen LogP contribution in [-0.4, -0.2) is 44.1 Å². The van der Waals surface area contributed by atoms with Gasteiger partial charge in [-0.05, 0) is 6.92 Å². The molecule has 0 bridgehead atoms. The first-order valence-electron chi connectivity index (χ1n) is 7.00. The molecule has 1 fully saturated rings. The molecule has 0 unspecified atom stereocenters. The van der Waals surface area contributed by atoms with Gasteiger partial charge in [0.15, 0.2) is 0 Å². The number of aromatic amines is 1. The van der Waals surface area contributed by atoms with Crippen LogP contribution >= 0.6 is 0 Å². The topological polar surface area (TPSA) is 76.0 Å². The molecule has 21 heavy (non-hydrogen) atoms. The van der Waals surface area contributed by atoms with Crippen molar-refractivity contribution in [1.82, 2.24) is 24.4 Å². The number of ether oxygens (including phenoxy) is 1. The van der Waals surface area contributed by atoms with Gasteiger partial charge in [-0.3, -0.25) is 9.69 Å². The van der Waals surface area contributed by atoms with Crippen LogP contribution in [0.2, 0.25) is 0 Å². The molecule has 1 saturated heterocycles. The monoisotopic (exact) mass is 289 g/mol. The number of nitrogens with zero attached hydrogens (tertiary/aromatic N) is 4. The van der Waals surface area contributed by atoms with Crippen molar-refractivity contribution in [3.63, 3.8) is 0 Å². The van der Waals surface area contributed by atoms with Gasteiger partial charge in [0.05, 0.1) is 18.8 Å². The van der Waals surface area contributed by atoms with Crippen molar-refractivity contribution >= 4 is 0 Å². The fourth-order valence-electron chi connectivity index (χ4n) is 2.54. The first-order valence-corrected chi connectivity index (χ1v) is 7.00. The van der Waals surface area contributed by atoms with Crippen LogP contribution in [0.1, 0.15) is 23.4 Å². The lowest BCUT2D eigenvalue weighted by Crippen LogP contribution is -2.39. The minimum atomic E-state index is -0.167. The highest BCUT2D eigenvalue weighted by Gasteiger charge is 2.24. The van der Waals surface area contributed by atoms with Gasteiger partial charge in [-0.1, -0.05) is 0 Å². The van der Waals surface area contributed by atoms with E-state index in [4.69, 9.17) is 4.74 Å². The first-order chi connectivity index (χ1) is 10.1. The van der Waals surface area contributed by atoms with E-state index in [1.165, 1.54) is 6.07 Å². The van der Waals surface area contributed by atoms with Gasteiger partial charge in [-0.25, -0.2) is 9.97 Å². The lowest BCUT2D eigenvalue weighted by Gasteiger charge is -2.32. The number of hydrogen-bond donors (Lipinski definition) is 1. The third-order valence-corrected chi connectivity index (χ3v) is 3.65. The second-order valence-electron chi connectivity index (χ2n) is 5.30. The second-order valence-corrected chi connectivity index (χ2v) is 5.30. The number of nitrogens with one attached hydrogen (secondary N) is 1. The van der Waals surface area contributed by atoms with Crippen LogP contribution in [-0.2, 0) is 18.3 Å². The molecule has 0 saturated carbocycles. The zero-order valence-electron chi connectivity index (χ0n) is 12.2. The molecular weight excluding hydrogens is 270 g/mol. The smallest absolute Gasteiger partial charge is 0.251 e. The quantitative estimate of drug-likeness (QED) is 0.884. The van der Waals surface area contributed by atoms with Gasteiger partial charge in [0.25, 0.3) is 5.56 Å². The number of aryl methyl sites for hydroxylation is 2. The molecule has 3 rings (SSSR count). The summed E-state index contributed by atoms with van der Waals surface area (Å²) in [5.41, 5.74) is 0.558. The van der Waals surface area contributed by atoms with Gasteiger partial charge >= 0.3 is 0 Å². The zero-order chi connectivity index (χ0) is 14.8. The van der Waals surface area contributed by atoms with Crippen molar-refractivity contribution in [2.75, 3.05) is 19.7 Å². The highest BCUT2D eigenvalue weighted by atomic mass is 16.5. The Morgan fingerprint density at radius 2 is 2.38 bits per heavy atom. The van der Waals surface area contributed by atoms with Crippen molar-refractivity contribution in [2.45, 2.75) is 19.6 Å². The summed E-state index contributed by atoms with van der Waals surface area (Å²) in [6.07, 6.45) is 3.57. The summed E-state index contributed by atoms with van der Waals surface area (Å²) in [6, 6.07) is 1.52. The molecule has 7 heteroatoms. The van der Waals surface area contributed by atoms with Gasteiger partial charge < -0.3 is 14.3 Å². The molecule has 0 spiro atoms. The Bertz CT molecular complexity index is 678. The van der Waals surface area contributed by atoms with E-state index in [0.29, 0.717) is 24.7 Å². The predicted octanol–water partition coefficient (Wildman–Crippen LogP) is 0.385. The van der Waals surface area contributed by atoms with E-state index in [-0.39, 0.29) is 11.7 Å². The van der Waals surface area contributed by atoms with Gasteiger partial charge in [0.1, 0.15) is 17.8 Å². The van der Waals surface area contributed by atoms with Gasteiger partial charge in [0, 0.05) is 38.6 Å². The molecule has 1 atom stereocenters. The highest BCUT2D eigenvalue weighted by Crippen LogP contribution is 2.20. The minimum Gasteiger partial charge on any atom is -0.369 e. The van der Waals surface area contributed by atoms with Crippen LogP contribution in [0.5, 0.6) is 0 Å². The summed E-state index contributed by atoms with van der Waals surface area (Å²) in [7, 11) is 1.99. The number of hydrogen-bond acceptors (Lipinski definition) is 5. The van der Waals surface area contributed by atoms with Crippen LogP contribution in [0.25, 0.3) is 0 Å². The molecule has 112 valence electrons. The molecule has 0 radical (unpaired) electrons. The summed E-state index contributed by atoms with van der Waals surface area (Å²) >= 11 is 0. The van der Waals surface area contributed by atoms with E-state index >= 15 is 0 Å². The number of morpholine rings is 1. The zero-order valence-corrected chi connectivity index (χ0v) is 12.2. The molecule has 1 aliphatic heterocycles. The molecular formula is C14H19N5O2. The first kappa shape index (κ1) is 14.0. The lowest BCUT2D eigenvalue weighted by atomic mass is 10.2. The Kier molecular flexibility index (Phi) is 3.85. The van der Waals surface area contributed by atoms with Gasteiger partial charge in [-0.15, -0.1) is 0 Å². The summed E-state index contributed by atoms with van der Waals surface area (Å²) in [5, 5.41) is 0. The number of imidazole rings is 1. The molecule has 7 nitrogen and oxygen atoms in total. The molecule has 2 aromatic rings. The minimum absolute atomic E-state index is 0.137. The van der Waals surface area contributed by atoms with Crippen LogP contribution in [0.15, 0.2) is 23.3 Å². The molecule has 0 amide bonds. The highest BCUT2D eigenvalue weighted by molar-refractivity contribution is 5.07. The van der Waals surface area contributed by atoms with Gasteiger partial charge in [0.2, 0.25) is 0 Å². The number of aromatic nitrogens is 4. The molecule has 2 aromatic heterocycles. The maximum Gasteiger partial charge on any atom is 0.251 e. The van der Waals surface area contributed by atoms with Crippen molar-refractivity contribution < 1.29 is 4.74 Å². The van der Waals surface area contributed by atoms with E-state index in [9.17, 15) is 4.79 Å². The van der Waals surface area contributed by atoms with Crippen LogP contribution < -0.4 is 5.56 Å². The Morgan fingerprint density at radius 3 is 3.10 bits per heavy atom. The van der Waals surface area contributed by atoms with E-state index < -0.39 is 0 Å². The fraction of sp³-hybridized carbons (Fsp3) is 0.500. The maximum atomic E-state index is 11.6. The van der Waals surface area contributed by atoms with Crippen molar-refractivity contribution in [2.24, 2.45) is 7.05 Å². The normalized spacial score (nSPS) is 19.8. The third-order valence-electron chi connectivity index (χ3n) is 3.65. The van der Waals surface area contributed by atoms with Crippen molar-refractivity contribution in [1.29, 1.82) is 0 Å². The Labute approximate surface area is 122 Å². The van der Waals surface area contributed by atoms with Gasteiger partial charge in [-0.2, -0.15) is 0 Å². The average molecular weight is 289 g/mol. The van der Waals surface area contributed by atoms with E-state index in [1.807, 2.05) is 17.8 Å². The Balaban J connectivity index is 1.73. The fourth-order valence-corrected chi connectivity index (χ4v) is 2.54. The number of rotatable bonds is 3. The SMILES string of the molecule is Cc1nc([C@@H]2CN(Cc3nccn3C)CCO2)cc(=O)[nH]1. The molecule has 0 aliphatic carbocycles. The van der Waals surface area contributed by atoms with Crippen molar-refractivity contribution in [3.05, 3.63) is 46.2 Å². The summed E-state index contributed by atoms with van der Waals surface area (Å²) in [4.78, 5) is 25.2. The summed E-state index contributed by atoms with van der Waals surface area (Å²) < 4.78 is 7.78. The van der Waals surface area contributed by atoms with Crippen LogP contribution in [0.3, 0.4) is 0 Å². The average Bonchev–Trinajstić information content (AvgIpc) is 2.84. The largest absolute Gasteiger partial charge is 0.369 e. The van der Waals surface area contributed by atoms with E-state index in [0.717, 1.165) is 18.9 Å². The summed E-state index contributed by atoms with van der Waals surface area (Å²) in [6.45, 7) is 4.74. The molecule has 0 aromatic carbocycles. The third kappa shape index (κ3) is 3.20. The van der Waals surface area contributed by atoms with E-state index in [2.05, 4.69) is 19.9 Å². The van der Waals surface area contributed by atoms with Crippen LogP contribution in [0.4, 0.5) is 0 Å². The predicted molar refractivity (Wildman–Crippen MR) is 76.8 cm³/mol. The molecule has 3 heterocycles. The standard InChI is InChI=1S/C14H19N5O2/c1-10-16-11(7-14(20)17-10)12-8-19(5-6-21-12)9-13-15-3-4-18(13)2/h3-4,7,12H,5-6,8-9H2,1-2H3,(H,16,17,20)/t12-/m0/s1. The van der Waals surface area contributed by atoms with Crippen LogP contribution in [0, 0.1) is 6.92 Å². The summed E-state index contributed by atoms with van der Waals surface area (Å²) in [5.74, 6) is 1.63. The van der Waals surface area contributed by atoms with Crippen molar-refractivity contribution in [3.8, 4) is 0 Å². The van der Waals surface area contributed by atoms with E-state index in [1.54, 1.807) is 13.1 Å². The maximum absolute atomic E-state index is 11.6. The second kappa shape index (κ2) is 5.79. The number of H-pyrrole nitrogens is 1. The lowest BCUT2D eigenvalue weighted by molar-refractivity contribution is -0.0361. The Hall–Kier alpha value is -1.99. The molecule has 1 N–H and O–H groups in total. The molecule has 1 aliphatic rings. The Morgan fingerprint density at radius 1 is 1.52 bits per heavy atom.